The topological polar surface area (TPSA) is 43.4 Å². The summed E-state index contributed by atoms with van der Waals surface area (Å²) < 4.78 is 18.0. The van der Waals surface area contributed by atoms with Gasteiger partial charge in [-0.1, -0.05) is 0 Å². The van der Waals surface area contributed by atoms with Crippen molar-refractivity contribution in [1.29, 1.82) is 0 Å². The van der Waals surface area contributed by atoms with Gasteiger partial charge in [-0.15, -0.1) is 11.3 Å². The van der Waals surface area contributed by atoms with Gasteiger partial charge in [0.25, 0.3) is 0 Å². The Labute approximate surface area is 126 Å². The Hall–Kier alpha value is -0.980. The zero-order valence-electron chi connectivity index (χ0n) is 10.1. The Balaban J connectivity index is 2.06. The maximum atomic E-state index is 12.1. The molecule has 1 aromatic heterocycles. The molecular formula is C13H11BrO3S2. The van der Waals surface area contributed by atoms with Crippen LogP contribution in [0, 0.1) is 0 Å². The second-order valence-corrected chi connectivity index (χ2v) is 7.61. The van der Waals surface area contributed by atoms with E-state index in [0.29, 0.717) is 15.5 Å². The molecule has 1 aromatic carbocycles. The summed E-state index contributed by atoms with van der Waals surface area (Å²) in [7, 11) is 0.245. The van der Waals surface area contributed by atoms with Gasteiger partial charge in [-0.25, -0.2) is 0 Å². The fourth-order valence-corrected chi connectivity index (χ4v) is 3.88. The van der Waals surface area contributed by atoms with E-state index in [1.165, 1.54) is 11.3 Å². The van der Waals surface area contributed by atoms with Gasteiger partial charge in [0.15, 0.2) is 5.78 Å². The van der Waals surface area contributed by atoms with E-state index in [0.717, 1.165) is 3.79 Å². The van der Waals surface area contributed by atoms with Crippen molar-refractivity contribution in [2.24, 2.45) is 0 Å². The summed E-state index contributed by atoms with van der Waals surface area (Å²) in [4.78, 5) is 13.2. The number of carbonyl (C=O) groups excluding carboxylic acids is 1. The Kier molecular flexibility index (Phi) is 4.90. The van der Waals surface area contributed by atoms with Crippen LogP contribution in [0.25, 0.3) is 0 Å². The van der Waals surface area contributed by atoms with Crippen LogP contribution in [0.2, 0.25) is 0 Å². The molecule has 0 aliphatic heterocycles. The van der Waals surface area contributed by atoms with Gasteiger partial charge in [-0.3, -0.25) is 9.00 Å². The Morgan fingerprint density at radius 3 is 2.47 bits per heavy atom. The third-order valence-electron chi connectivity index (χ3n) is 2.43. The van der Waals surface area contributed by atoms with Crippen molar-refractivity contribution < 1.29 is 13.7 Å². The van der Waals surface area contributed by atoms with Crippen molar-refractivity contribution in [3.05, 3.63) is 45.1 Å². The van der Waals surface area contributed by atoms with E-state index in [-0.39, 0.29) is 11.5 Å². The SMILES string of the molecule is COc1ccc(S(=O)CC(=O)c2ccc(Br)s2)cc1. The van der Waals surface area contributed by atoms with Gasteiger partial charge < -0.3 is 4.74 Å². The van der Waals surface area contributed by atoms with Gasteiger partial charge in [0.1, 0.15) is 5.75 Å². The summed E-state index contributed by atoms with van der Waals surface area (Å²) >= 11 is 4.66. The van der Waals surface area contributed by atoms with Crippen LogP contribution in [0.5, 0.6) is 5.75 Å². The first-order chi connectivity index (χ1) is 9.10. The quantitative estimate of drug-likeness (QED) is 0.768. The highest BCUT2D eigenvalue weighted by molar-refractivity contribution is 9.11. The van der Waals surface area contributed by atoms with Crippen molar-refractivity contribution in [2.75, 3.05) is 12.9 Å². The first-order valence-electron chi connectivity index (χ1n) is 5.41. The lowest BCUT2D eigenvalue weighted by atomic mass is 10.3. The molecule has 0 saturated heterocycles. The van der Waals surface area contributed by atoms with Crippen LogP contribution in [0.3, 0.4) is 0 Å². The molecule has 2 rings (SSSR count). The molecule has 0 aliphatic rings. The van der Waals surface area contributed by atoms with E-state index in [1.807, 2.05) is 6.07 Å². The molecule has 1 unspecified atom stereocenters. The Morgan fingerprint density at radius 2 is 1.95 bits per heavy atom. The number of thiophene rings is 1. The number of methoxy groups -OCH3 is 1. The highest BCUT2D eigenvalue weighted by Gasteiger charge is 2.14. The zero-order valence-corrected chi connectivity index (χ0v) is 13.3. The molecule has 0 N–H and O–H groups in total. The standard InChI is InChI=1S/C13H11BrO3S2/c1-17-9-2-4-10(5-3-9)19(16)8-11(15)12-6-7-13(14)18-12/h2-7H,8H2,1H3. The third kappa shape index (κ3) is 3.75. The van der Waals surface area contributed by atoms with Crippen LogP contribution in [-0.4, -0.2) is 22.9 Å². The summed E-state index contributed by atoms with van der Waals surface area (Å²) in [5.74, 6) is 0.596. The van der Waals surface area contributed by atoms with Crippen molar-refractivity contribution in [1.82, 2.24) is 0 Å². The number of Topliss-reactive ketones (excluding diaryl/α,β-unsaturated/α-hetero) is 1. The van der Waals surface area contributed by atoms with Gasteiger partial charge in [0.05, 0.1) is 32.3 Å². The Morgan fingerprint density at radius 1 is 1.26 bits per heavy atom. The third-order valence-corrected chi connectivity index (χ3v) is 5.42. The van der Waals surface area contributed by atoms with Crippen molar-refractivity contribution >= 4 is 43.8 Å². The molecule has 100 valence electrons. The van der Waals surface area contributed by atoms with E-state index in [1.54, 1.807) is 37.4 Å². The van der Waals surface area contributed by atoms with Crippen LogP contribution < -0.4 is 4.74 Å². The average Bonchev–Trinajstić information content (AvgIpc) is 2.85. The molecule has 0 bridgehead atoms. The summed E-state index contributed by atoms with van der Waals surface area (Å²) in [6, 6.07) is 10.5. The van der Waals surface area contributed by atoms with E-state index in [9.17, 15) is 9.00 Å². The van der Waals surface area contributed by atoms with Gasteiger partial charge in [-0.2, -0.15) is 0 Å². The first-order valence-corrected chi connectivity index (χ1v) is 8.34. The molecule has 0 aliphatic carbocycles. The number of benzene rings is 1. The fraction of sp³-hybridized carbons (Fsp3) is 0.154. The molecule has 0 radical (unpaired) electrons. The maximum Gasteiger partial charge on any atom is 0.185 e. The van der Waals surface area contributed by atoms with Crippen molar-refractivity contribution in [2.45, 2.75) is 4.90 Å². The number of carbonyl (C=O) groups is 1. The first kappa shape index (κ1) is 14.4. The second-order valence-electron chi connectivity index (χ2n) is 3.69. The van der Waals surface area contributed by atoms with Gasteiger partial charge in [-0.05, 0) is 52.3 Å². The highest BCUT2D eigenvalue weighted by atomic mass is 79.9. The second kappa shape index (κ2) is 6.45. The van der Waals surface area contributed by atoms with E-state index in [4.69, 9.17) is 4.74 Å². The van der Waals surface area contributed by atoms with Crippen LogP contribution in [-0.2, 0) is 10.8 Å². The van der Waals surface area contributed by atoms with Gasteiger partial charge in [0.2, 0.25) is 0 Å². The highest BCUT2D eigenvalue weighted by Crippen LogP contribution is 2.23. The minimum atomic E-state index is -1.33. The van der Waals surface area contributed by atoms with Crippen molar-refractivity contribution in [3.8, 4) is 5.75 Å². The number of rotatable bonds is 5. The van der Waals surface area contributed by atoms with Crippen LogP contribution in [0.1, 0.15) is 9.67 Å². The molecule has 1 atom stereocenters. The normalized spacial score (nSPS) is 12.1. The lowest BCUT2D eigenvalue weighted by molar-refractivity contribution is 0.102. The molecule has 3 nitrogen and oxygen atoms in total. The van der Waals surface area contributed by atoms with Crippen molar-refractivity contribution in [3.63, 3.8) is 0 Å². The molecule has 0 spiro atoms. The maximum absolute atomic E-state index is 12.1. The molecule has 0 amide bonds. The fourth-order valence-electron chi connectivity index (χ4n) is 1.47. The summed E-state index contributed by atoms with van der Waals surface area (Å²) in [5.41, 5.74) is 0. The molecular weight excluding hydrogens is 348 g/mol. The molecule has 19 heavy (non-hydrogen) atoms. The monoisotopic (exact) mass is 358 g/mol. The van der Waals surface area contributed by atoms with Gasteiger partial charge in [0, 0.05) is 4.90 Å². The summed E-state index contributed by atoms with van der Waals surface area (Å²) in [6.45, 7) is 0. The van der Waals surface area contributed by atoms with E-state index >= 15 is 0 Å². The zero-order chi connectivity index (χ0) is 13.8. The molecule has 1 heterocycles. The molecule has 6 heteroatoms. The minimum absolute atomic E-state index is 0.000712. The molecule has 0 fully saturated rings. The van der Waals surface area contributed by atoms with Gasteiger partial charge >= 0.3 is 0 Å². The summed E-state index contributed by atoms with van der Waals surface area (Å²) in [6.07, 6.45) is 0. The van der Waals surface area contributed by atoms with Crippen LogP contribution in [0.15, 0.2) is 45.1 Å². The minimum Gasteiger partial charge on any atom is -0.497 e. The predicted octanol–water partition coefficient (Wildman–Crippen LogP) is 3.51. The Bertz CT molecular complexity index is 605. The predicted molar refractivity (Wildman–Crippen MR) is 80.6 cm³/mol. The molecule has 2 aromatic rings. The largest absolute Gasteiger partial charge is 0.497 e. The number of hydrogen-bond donors (Lipinski definition) is 0. The number of hydrogen-bond acceptors (Lipinski definition) is 4. The van der Waals surface area contributed by atoms with E-state index in [2.05, 4.69) is 15.9 Å². The average molecular weight is 359 g/mol. The number of halogens is 1. The molecule has 0 saturated carbocycles. The smallest absolute Gasteiger partial charge is 0.185 e. The lowest BCUT2D eigenvalue weighted by Gasteiger charge is -2.03. The number of ether oxygens (including phenoxy) is 1. The van der Waals surface area contributed by atoms with Crippen LogP contribution in [0.4, 0.5) is 0 Å². The number of ketones is 1. The summed E-state index contributed by atoms with van der Waals surface area (Å²) in [5, 5.41) is 0. The van der Waals surface area contributed by atoms with E-state index < -0.39 is 10.8 Å². The van der Waals surface area contributed by atoms with Crippen LogP contribution >= 0.6 is 27.3 Å². The lowest BCUT2D eigenvalue weighted by Crippen LogP contribution is -2.09.